The molecule has 1 aromatic carbocycles. The maximum atomic E-state index is 14.0. The zero-order valence-corrected chi connectivity index (χ0v) is 28.6. The lowest BCUT2D eigenvalue weighted by Gasteiger charge is -2.26. The van der Waals surface area contributed by atoms with Crippen molar-refractivity contribution >= 4 is 40.0 Å². The molecular weight excluding hydrogens is 616 g/mol. The second-order valence-electron chi connectivity index (χ2n) is 13.2. The minimum atomic E-state index is -1.09. The molecule has 5 atom stereocenters. The number of hydrogen-bond donors (Lipinski definition) is 1. The minimum absolute atomic E-state index is 0.0737. The maximum Gasteiger partial charge on any atom is 0.332 e. The molecule has 1 N–H and O–H groups in total. The van der Waals surface area contributed by atoms with Gasteiger partial charge in [-0.05, 0) is 63.5 Å². The smallest absolute Gasteiger partial charge is 0.332 e. The monoisotopic (exact) mass is 660 g/mol. The Balaban J connectivity index is 1.32. The van der Waals surface area contributed by atoms with Crippen molar-refractivity contribution in [3.63, 3.8) is 0 Å². The van der Waals surface area contributed by atoms with Crippen LogP contribution in [0.25, 0.3) is 21.6 Å². The van der Waals surface area contributed by atoms with Crippen molar-refractivity contribution in [3.05, 3.63) is 47.5 Å². The Morgan fingerprint density at radius 3 is 2.70 bits per heavy atom. The Bertz CT molecular complexity index is 1690. The number of rotatable bonds is 7. The van der Waals surface area contributed by atoms with Gasteiger partial charge in [-0.15, -0.1) is 11.3 Å². The van der Waals surface area contributed by atoms with Crippen LogP contribution in [0.4, 0.5) is 0 Å². The molecule has 2 fully saturated rings. The van der Waals surface area contributed by atoms with E-state index < -0.39 is 29.4 Å². The highest BCUT2D eigenvalue weighted by atomic mass is 32.1. The van der Waals surface area contributed by atoms with E-state index in [0.717, 1.165) is 35.4 Å². The van der Waals surface area contributed by atoms with Gasteiger partial charge in [0.2, 0.25) is 11.8 Å². The third kappa shape index (κ3) is 6.72. The number of carbonyl (C=O) groups excluding carboxylic acids is 3. The van der Waals surface area contributed by atoms with Crippen LogP contribution in [-0.4, -0.2) is 71.6 Å². The molecule has 5 unspecified atom stereocenters. The summed E-state index contributed by atoms with van der Waals surface area (Å²) in [4.78, 5) is 52.5. The highest BCUT2D eigenvalue weighted by Gasteiger charge is 2.62. The summed E-state index contributed by atoms with van der Waals surface area (Å²) in [6.07, 6.45) is 7.52. The Kier molecular flexibility index (Phi) is 9.55. The first kappa shape index (κ1) is 32.9. The van der Waals surface area contributed by atoms with E-state index in [9.17, 15) is 14.4 Å². The van der Waals surface area contributed by atoms with E-state index in [0.29, 0.717) is 48.5 Å². The third-order valence-corrected chi connectivity index (χ3v) is 10.5. The van der Waals surface area contributed by atoms with Crippen LogP contribution in [0.2, 0.25) is 0 Å². The number of esters is 1. The number of pyridine rings is 1. The number of carbonyl (C=O) groups is 3. The number of thiazole rings is 1. The summed E-state index contributed by atoms with van der Waals surface area (Å²) in [7, 11) is 3.42. The second-order valence-corrected chi connectivity index (χ2v) is 14.1. The Morgan fingerprint density at radius 1 is 1.15 bits per heavy atom. The summed E-state index contributed by atoms with van der Waals surface area (Å²) in [5.74, 6) is -0.596. The molecule has 3 aliphatic rings. The first-order chi connectivity index (χ1) is 22.6. The van der Waals surface area contributed by atoms with Crippen molar-refractivity contribution in [2.45, 2.75) is 76.9 Å². The van der Waals surface area contributed by atoms with Crippen molar-refractivity contribution < 1.29 is 28.6 Å². The van der Waals surface area contributed by atoms with Crippen LogP contribution >= 0.6 is 11.3 Å². The van der Waals surface area contributed by atoms with E-state index in [-0.39, 0.29) is 30.3 Å². The average Bonchev–Trinajstić information content (AvgIpc) is 3.36. The number of nitrogens with one attached hydrogen (secondary N) is 1. The van der Waals surface area contributed by atoms with E-state index >= 15 is 0 Å². The number of amides is 2. The van der Waals surface area contributed by atoms with E-state index in [2.05, 4.69) is 30.6 Å². The Labute approximate surface area is 279 Å². The lowest BCUT2D eigenvalue weighted by Crippen LogP contribution is -2.50. The number of nitrogens with zero attached hydrogens (tertiary/aromatic N) is 3. The molecule has 2 saturated carbocycles. The average molecular weight is 661 g/mol. The first-order valence-corrected chi connectivity index (χ1v) is 17.5. The molecule has 0 spiro atoms. The van der Waals surface area contributed by atoms with Crippen LogP contribution in [-0.2, 0) is 19.1 Å². The normalized spacial score (nSPS) is 27.1. The fourth-order valence-corrected chi connectivity index (χ4v) is 7.74. The summed E-state index contributed by atoms with van der Waals surface area (Å²) in [5.41, 5.74) is 1.29. The number of benzene rings is 1. The number of allylic oxidation sites excluding steroid dienone is 1. The quantitative estimate of drug-likeness (QED) is 0.246. The molecule has 2 aromatic heterocycles. The number of aromatic nitrogens is 2. The van der Waals surface area contributed by atoms with Crippen molar-refractivity contribution in [1.29, 1.82) is 0 Å². The Hall–Kier alpha value is -3.99. The molecule has 0 radical (unpaired) electrons. The summed E-state index contributed by atoms with van der Waals surface area (Å²) >= 11 is 1.54. The van der Waals surface area contributed by atoms with Gasteiger partial charge in [0.15, 0.2) is 0 Å². The molecule has 2 amide bonds. The zero-order valence-electron chi connectivity index (χ0n) is 27.8. The summed E-state index contributed by atoms with van der Waals surface area (Å²) in [6, 6.07) is 7.56. The van der Waals surface area contributed by atoms with Crippen LogP contribution in [0.5, 0.6) is 11.5 Å². The summed E-state index contributed by atoms with van der Waals surface area (Å²) in [6.45, 7) is 6.82. The van der Waals surface area contributed by atoms with Gasteiger partial charge in [0.25, 0.3) is 0 Å². The molecule has 3 aromatic rings. The van der Waals surface area contributed by atoms with Crippen molar-refractivity contribution in [2.75, 3.05) is 27.3 Å². The molecule has 3 heterocycles. The molecule has 10 nitrogen and oxygen atoms in total. The lowest BCUT2D eigenvalue weighted by molar-refractivity contribution is -0.150. The number of methoxy groups -OCH3 is 1. The van der Waals surface area contributed by atoms with Crippen LogP contribution in [0.15, 0.2) is 41.8 Å². The van der Waals surface area contributed by atoms with Gasteiger partial charge in [0.05, 0.1) is 36.8 Å². The minimum Gasteiger partial charge on any atom is -0.497 e. The van der Waals surface area contributed by atoms with E-state index in [1.54, 1.807) is 26.0 Å². The lowest BCUT2D eigenvalue weighted by atomic mass is 9.93. The third-order valence-electron chi connectivity index (χ3n) is 9.64. The van der Waals surface area contributed by atoms with Crippen LogP contribution in [0.3, 0.4) is 0 Å². The van der Waals surface area contributed by atoms with Crippen molar-refractivity contribution in [2.24, 2.45) is 17.8 Å². The number of fused-ring (bicyclic) bond motifs is 3. The predicted octanol–water partition coefficient (Wildman–Crippen LogP) is 5.90. The van der Waals surface area contributed by atoms with Crippen LogP contribution in [0, 0.1) is 17.8 Å². The maximum absolute atomic E-state index is 14.0. The highest BCUT2D eigenvalue weighted by molar-refractivity contribution is 7.13. The molecule has 6 rings (SSSR count). The zero-order chi connectivity index (χ0) is 33.3. The van der Waals surface area contributed by atoms with Gasteiger partial charge in [0.1, 0.15) is 33.8 Å². The standard InChI is InChI=1S/C36H44N4O6S/c1-6-45-35(43)36-19-22(36)11-9-7-8-10-14-40(4)34(42)27-16-24(15-26(27)32(41)39-36)46-31-18-29(33-38-30(20-47-33)21(2)3)37-28-17-23(44-5)12-13-25(28)31/h9,11-13,17-18,20-22,24,26-27H,6-8,10,14-16,19H2,1-5H3,(H,39,41)/b11-9-. The van der Waals surface area contributed by atoms with Gasteiger partial charge in [-0.3, -0.25) is 9.59 Å². The van der Waals surface area contributed by atoms with E-state index in [4.69, 9.17) is 24.2 Å². The molecule has 0 saturated heterocycles. The fraction of sp³-hybridized carbons (Fsp3) is 0.528. The van der Waals surface area contributed by atoms with Gasteiger partial charge in [-0.1, -0.05) is 26.0 Å². The SMILES string of the molecule is CCOC(=O)C12CC1/C=C\CCCCN(C)C(=O)C1CC(Oc3cc(-c4nc(C(C)C)cs4)nc4cc(OC)ccc34)CC1C(=O)N2. The summed E-state index contributed by atoms with van der Waals surface area (Å²) < 4.78 is 17.6. The van der Waals surface area contributed by atoms with Gasteiger partial charge in [-0.2, -0.15) is 0 Å². The Morgan fingerprint density at radius 2 is 1.96 bits per heavy atom. The molecule has 47 heavy (non-hydrogen) atoms. The topological polar surface area (TPSA) is 120 Å². The van der Waals surface area contributed by atoms with Gasteiger partial charge < -0.3 is 24.4 Å². The predicted molar refractivity (Wildman–Crippen MR) is 180 cm³/mol. The molecular formula is C36H44N4O6S. The second kappa shape index (κ2) is 13.6. The van der Waals surface area contributed by atoms with Crippen molar-refractivity contribution in [1.82, 2.24) is 20.2 Å². The fourth-order valence-electron chi connectivity index (χ4n) is 6.80. The van der Waals surface area contributed by atoms with Gasteiger partial charge in [-0.25, -0.2) is 14.8 Å². The number of ether oxygens (including phenoxy) is 3. The molecule has 2 aliphatic carbocycles. The van der Waals surface area contributed by atoms with Gasteiger partial charge >= 0.3 is 5.97 Å². The van der Waals surface area contributed by atoms with Crippen molar-refractivity contribution in [3.8, 4) is 22.2 Å². The van der Waals surface area contributed by atoms with Crippen LogP contribution < -0.4 is 14.8 Å². The van der Waals surface area contributed by atoms with Gasteiger partial charge in [0, 0.05) is 42.4 Å². The number of hydrogen-bond acceptors (Lipinski definition) is 9. The molecule has 11 heteroatoms. The largest absolute Gasteiger partial charge is 0.497 e. The molecule has 250 valence electrons. The molecule has 1 aliphatic heterocycles. The first-order valence-electron chi connectivity index (χ1n) is 16.7. The van der Waals surface area contributed by atoms with Crippen LogP contribution in [0.1, 0.15) is 70.9 Å². The summed E-state index contributed by atoms with van der Waals surface area (Å²) in [5, 5.41) is 6.70. The van der Waals surface area contributed by atoms with E-state index in [1.165, 1.54) is 11.3 Å². The highest BCUT2D eigenvalue weighted by Crippen LogP contribution is 2.47. The molecule has 0 bridgehead atoms. The van der Waals surface area contributed by atoms with E-state index in [1.807, 2.05) is 30.3 Å².